The van der Waals surface area contributed by atoms with E-state index in [1.165, 1.54) is 5.56 Å². The molecule has 6 nitrogen and oxygen atoms in total. The van der Waals surface area contributed by atoms with E-state index in [1.807, 2.05) is 30.0 Å². The first-order valence-electron chi connectivity index (χ1n) is 10.2. The molecule has 0 spiro atoms. The predicted octanol–water partition coefficient (Wildman–Crippen LogP) is 3.17. The molecule has 1 aliphatic heterocycles. The van der Waals surface area contributed by atoms with E-state index in [0.717, 1.165) is 58.0 Å². The number of hydrogen-bond acceptors (Lipinski definition) is 3. The van der Waals surface area contributed by atoms with Crippen molar-refractivity contribution in [3.63, 3.8) is 0 Å². The number of benzene rings is 1. The third-order valence-electron chi connectivity index (χ3n) is 4.61. The van der Waals surface area contributed by atoms with Gasteiger partial charge < -0.3 is 20.3 Å². The Balaban J connectivity index is 0.00000392. The second-order valence-electron chi connectivity index (χ2n) is 6.83. The van der Waals surface area contributed by atoms with Crippen molar-refractivity contribution in [2.75, 3.05) is 32.8 Å². The highest BCUT2D eigenvalue weighted by Crippen LogP contribution is 2.10. The molecule has 0 saturated carbocycles. The summed E-state index contributed by atoms with van der Waals surface area (Å²) in [5, 5.41) is 6.76. The average Bonchev–Trinajstić information content (AvgIpc) is 3.16. The van der Waals surface area contributed by atoms with Crippen molar-refractivity contribution in [2.45, 2.75) is 52.2 Å². The molecule has 1 aliphatic rings. The molecule has 1 aromatic carbocycles. The van der Waals surface area contributed by atoms with Gasteiger partial charge in [0.1, 0.15) is 0 Å². The molecule has 1 aromatic rings. The minimum Gasteiger partial charge on any atom is -0.377 e. The number of unbranched alkanes of at least 4 members (excludes halogenated alkanes) is 1. The molecule has 1 atom stereocenters. The minimum absolute atomic E-state index is 0. The molecule has 2 N–H and O–H groups in total. The Kier molecular flexibility index (Phi) is 12.9. The van der Waals surface area contributed by atoms with Crippen LogP contribution in [0.2, 0.25) is 0 Å². The van der Waals surface area contributed by atoms with Gasteiger partial charge >= 0.3 is 0 Å². The van der Waals surface area contributed by atoms with E-state index < -0.39 is 0 Å². The molecule has 0 aromatic heterocycles. The van der Waals surface area contributed by atoms with Crippen molar-refractivity contribution < 1.29 is 9.53 Å². The van der Waals surface area contributed by atoms with Crippen LogP contribution in [0, 0.1) is 0 Å². The summed E-state index contributed by atoms with van der Waals surface area (Å²) in [5.41, 5.74) is 1.21. The van der Waals surface area contributed by atoms with Crippen molar-refractivity contribution in [3.05, 3.63) is 35.9 Å². The van der Waals surface area contributed by atoms with E-state index in [0.29, 0.717) is 13.0 Å². The lowest BCUT2D eigenvalue weighted by Crippen LogP contribution is -2.45. The molecule has 1 amide bonds. The number of carbonyl (C=O) groups is 1. The van der Waals surface area contributed by atoms with Crippen molar-refractivity contribution in [1.29, 1.82) is 0 Å². The number of carbonyl (C=O) groups excluding carboxylic acids is 1. The number of nitrogens with one attached hydrogen (secondary N) is 2. The highest BCUT2D eigenvalue weighted by atomic mass is 127. The van der Waals surface area contributed by atoms with Gasteiger partial charge in [0.05, 0.1) is 6.61 Å². The molecule has 28 heavy (non-hydrogen) atoms. The molecule has 0 radical (unpaired) electrons. The van der Waals surface area contributed by atoms with Crippen LogP contribution in [0.25, 0.3) is 0 Å². The van der Waals surface area contributed by atoms with E-state index >= 15 is 0 Å². The fourth-order valence-electron chi connectivity index (χ4n) is 3.11. The van der Waals surface area contributed by atoms with Gasteiger partial charge in [0.15, 0.2) is 5.96 Å². The predicted molar refractivity (Wildman–Crippen MR) is 125 cm³/mol. The van der Waals surface area contributed by atoms with Crippen molar-refractivity contribution >= 4 is 35.8 Å². The average molecular weight is 502 g/mol. The largest absolute Gasteiger partial charge is 0.377 e. The summed E-state index contributed by atoms with van der Waals surface area (Å²) in [7, 11) is 0. The maximum absolute atomic E-state index is 11.8. The number of hydrogen-bond donors (Lipinski definition) is 2. The number of guanidine groups is 1. The van der Waals surface area contributed by atoms with Gasteiger partial charge in [-0.2, -0.15) is 0 Å². The molecule has 0 aliphatic carbocycles. The summed E-state index contributed by atoms with van der Waals surface area (Å²) in [6.07, 6.45) is 3.55. The van der Waals surface area contributed by atoms with Crippen LogP contribution >= 0.6 is 24.0 Å². The third-order valence-corrected chi connectivity index (χ3v) is 4.61. The normalized spacial score (nSPS) is 16.6. The zero-order chi connectivity index (χ0) is 19.3. The van der Waals surface area contributed by atoms with Gasteiger partial charge in [-0.05, 0) is 31.7 Å². The van der Waals surface area contributed by atoms with Gasteiger partial charge in [0.2, 0.25) is 5.91 Å². The first kappa shape index (κ1) is 24.7. The van der Waals surface area contributed by atoms with Gasteiger partial charge in [0.25, 0.3) is 0 Å². The number of aliphatic imine (C=N–C) groups is 1. The van der Waals surface area contributed by atoms with Crippen LogP contribution < -0.4 is 10.6 Å². The third kappa shape index (κ3) is 9.23. The van der Waals surface area contributed by atoms with Gasteiger partial charge in [-0.3, -0.25) is 9.79 Å². The second-order valence-corrected chi connectivity index (χ2v) is 6.83. The monoisotopic (exact) mass is 502 g/mol. The molecule has 1 saturated heterocycles. The SMILES string of the molecule is CCNC(=NCCCCOCc1ccccc1)NC1CCN(C(=O)CC)C1.I. The van der Waals surface area contributed by atoms with Crippen LogP contribution in [-0.2, 0) is 16.1 Å². The zero-order valence-electron chi connectivity index (χ0n) is 17.2. The van der Waals surface area contributed by atoms with Gasteiger partial charge in [-0.1, -0.05) is 37.3 Å². The van der Waals surface area contributed by atoms with Crippen molar-refractivity contribution in [2.24, 2.45) is 4.99 Å². The Morgan fingerprint density at radius 1 is 1.25 bits per heavy atom. The number of halogens is 1. The molecular weight excluding hydrogens is 467 g/mol. The Morgan fingerprint density at radius 3 is 2.75 bits per heavy atom. The van der Waals surface area contributed by atoms with Crippen molar-refractivity contribution in [3.8, 4) is 0 Å². The molecular formula is C21H35IN4O2. The first-order valence-corrected chi connectivity index (χ1v) is 10.2. The van der Waals surface area contributed by atoms with E-state index in [2.05, 4.69) is 34.7 Å². The van der Waals surface area contributed by atoms with Gasteiger partial charge in [-0.15, -0.1) is 24.0 Å². The highest BCUT2D eigenvalue weighted by molar-refractivity contribution is 14.0. The van der Waals surface area contributed by atoms with E-state index in [1.54, 1.807) is 0 Å². The Morgan fingerprint density at radius 2 is 2.04 bits per heavy atom. The molecule has 1 heterocycles. The molecule has 1 fully saturated rings. The summed E-state index contributed by atoms with van der Waals surface area (Å²) in [6.45, 7) is 8.61. The Bertz CT molecular complexity index is 583. The van der Waals surface area contributed by atoms with E-state index in [-0.39, 0.29) is 35.9 Å². The molecule has 0 bridgehead atoms. The highest BCUT2D eigenvalue weighted by Gasteiger charge is 2.25. The van der Waals surface area contributed by atoms with E-state index in [9.17, 15) is 4.79 Å². The van der Waals surface area contributed by atoms with Crippen LogP contribution in [0.3, 0.4) is 0 Å². The maximum atomic E-state index is 11.8. The van der Waals surface area contributed by atoms with Gasteiger partial charge in [0, 0.05) is 45.2 Å². The van der Waals surface area contributed by atoms with Gasteiger partial charge in [-0.25, -0.2) is 0 Å². The summed E-state index contributed by atoms with van der Waals surface area (Å²) in [5.74, 6) is 1.08. The standard InChI is InChI=1S/C21H34N4O2.HI/c1-3-20(26)25-14-12-19(16-25)24-21(22-4-2)23-13-8-9-15-27-17-18-10-6-5-7-11-18;/h5-7,10-11,19H,3-4,8-9,12-17H2,1-2H3,(H2,22,23,24);1H. The number of nitrogens with zero attached hydrogens (tertiary/aromatic N) is 2. The maximum Gasteiger partial charge on any atom is 0.222 e. The lowest BCUT2D eigenvalue weighted by molar-refractivity contribution is -0.129. The quantitative estimate of drug-likeness (QED) is 0.223. The minimum atomic E-state index is 0. The topological polar surface area (TPSA) is 66.0 Å². The van der Waals surface area contributed by atoms with Crippen LogP contribution in [-0.4, -0.2) is 55.6 Å². The Hall–Kier alpha value is -1.35. The number of likely N-dealkylation sites (tertiary alicyclic amines) is 1. The molecule has 2 rings (SSSR count). The van der Waals surface area contributed by atoms with Crippen molar-refractivity contribution in [1.82, 2.24) is 15.5 Å². The second kappa shape index (κ2) is 14.6. The van der Waals surface area contributed by atoms with Crippen LogP contribution in [0.5, 0.6) is 0 Å². The molecule has 7 heteroatoms. The van der Waals surface area contributed by atoms with Crippen LogP contribution in [0.15, 0.2) is 35.3 Å². The smallest absolute Gasteiger partial charge is 0.222 e. The first-order chi connectivity index (χ1) is 13.2. The van der Waals surface area contributed by atoms with Crippen LogP contribution in [0.1, 0.15) is 45.1 Å². The Labute approximate surface area is 186 Å². The lowest BCUT2D eigenvalue weighted by atomic mass is 10.2. The number of amides is 1. The lowest BCUT2D eigenvalue weighted by Gasteiger charge is -2.18. The summed E-state index contributed by atoms with van der Waals surface area (Å²) < 4.78 is 5.71. The fraction of sp³-hybridized carbons (Fsp3) is 0.619. The summed E-state index contributed by atoms with van der Waals surface area (Å²) in [4.78, 5) is 18.4. The number of ether oxygens (including phenoxy) is 1. The van der Waals surface area contributed by atoms with Crippen LogP contribution in [0.4, 0.5) is 0 Å². The summed E-state index contributed by atoms with van der Waals surface area (Å²) >= 11 is 0. The number of rotatable bonds is 10. The molecule has 158 valence electrons. The summed E-state index contributed by atoms with van der Waals surface area (Å²) in [6, 6.07) is 10.5. The fourth-order valence-corrected chi connectivity index (χ4v) is 3.11. The zero-order valence-corrected chi connectivity index (χ0v) is 19.5. The van der Waals surface area contributed by atoms with E-state index in [4.69, 9.17) is 4.74 Å². The molecule has 1 unspecified atom stereocenters.